The second-order valence-electron chi connectivity index (χ2n) is 5.11. The van der Waals surface area contributed by atoms with Crippen LogP contribution in [0.3, 0.4) is 0 Å². The molecule has 0 aliphatic heterocycles. The van der Waals surface area contributed by atoms with Crippen LogP contribution in [0, 0.1) is 0 Å². The monoisotopic (exact) mass is 314 g/mol. The Bertz CT molecular complexity index is 789. The summed E-state index contributed by atoms with van der Waals surface area (Å²) in [5.74, 6) is -1.91. The maximum atomic E-state index is 12.6. The lowest BCUT2D eigenvalue weighted by molar-refractivity contribution is 0.0311. The summed E-state index contributed by atoms with van der Waals surface area (Å²) < 4.78 is 10.1. The normalized spacial score (nSPS) is 15.4. The number of Topliss-reactive ketones (excluding diaryl/α,β-unsaturated/α-hetero) is 2. The van der Waals surface area contributed by atoms with E-state index in [9.17, 15) is 19.8 Å². The summed E-state index contributed by atoms with van der Waals surface area (Å²) in [6, 6.07) is 8.82. The smallest absolute Gasteiger partial charge is 0.220 e. The van der Waals surface area contributed by atoms with Crippen LogP contribution < -0.4 is 9.47 Å². The van der Waals surface area contributed by atoms with Crippen molar-refractivity contribution >= 4 is 11.6 Å². The molecule has 23 heavy (non-hydrogen) atoms. The number of fused-ring (bicyclic) bond motifs is 1. The predicted octanol–water partition coefficient (Wildman–Crippen LogP) is 1.68. The van der Waals surface area contributed by atoms with E-state index in [1.807, 2.05) is 0 Å². The van der Waals surface area contributed by atoms with Gasteiger partial charge in [-0.3, -0.25) is 9.59 Å². The lowest BCUT2D eigenvalue weighted by Gasteiger charge is -2.22. The summed E-state index contributed by atoms with van der Waals surface area (Å²) in [6.07, 6.45) is 0. The van der Waals surface area contributed by atoms with Crippen molar-refractivity contribution in [3.05, 3.63) is 53.1 Å². The van der Waals surface area contributed by atoms with E-state index in [1.165, 1.54) is 38.5 Å². The number of aromatic hydroxyl groups is 1. The van der Waals surface area contributed by atoms with E-state index in [-0.39, 0.29) is 28.2 Å². The molecular weight excluding hydrogens is 300 g/mol. The van der Waals surface area contributed by atoms with Gasteiger partial charge in [0.25, 0.3) is 0 Å². The molecule has 2 N–H and O–H groups in total. The summed E-state index contributed by atoms with van der Waals surface area (Å²) in [5, 5.41) is 21.2. The highest BCUT2D eigenvalue weighted by atomic mass is 16.5. The highest BCUT2D eigenvalue weighted by Crippen LogP contribution is 2.47. The molecule has 0 spiro atoms. The number of ether oxygens (including phenoxy) is 2. The van der Waals surface area contributed by atoms with Crippen LogP contribution in [0.5, 0.6) is 17.2 Å². The maximum Gasteiger partial charge on any atom is 0.220 e. The third-order valence-electron chi connectivity index (χ3n) is 3.98. The Hall–Kier alpha value is -2.86. The van der Waals surface area contributed by atoms with E-state index < -0.39 is 22.9 Å². The molecule has 3 rings (SSSR count). The minimum Gasteiger partial charge on any atom is -0.504 e. The van der Waals surface area contributed by atoms with E-state index >= 15 is 0 Å². The zero-order chi connectivity index (χ0) is 16.8. The molecule has 1 aliphatic carbocycles. The molecule has 0 atom stereocenters. The van der Waals surface area contributed by atoms with Gasteiger partial charge in [-0.15, -0.1) is 0 Å². The number of carbonyl (C=O) groups is 2. The number of phenolic OH excluding ortho intramolecular Hbond substituents is 1. The number of rotatable bonds is 3. The van der Waals surface area contributed by atoms with E-state index in [1.54, 1.807) is 12.1 Å². The molecule has 0 fully saturated rings. The number of hydrogen-bond donors (Lipinski definition) is 2. The van der Waals surface area contributed by atoms with Crippen LogP contribution in [-0.4, -0.2) is 36.0 Å². The van der Waals surface area contributed by atoms with Crippen LogP contribution in [0.25, 0.3) is 0 Å². The number of phenols is 1. The van der Waals surface area contributed by atoms with Crippen LogP contribution in [0.2, 0.25) is 0 Å². The van der Waals surface area contributed by atoms with Gasteiger partial charge in [0.05, 0.1) is 14.2 Å². The largest absolute Gasteiger partial charge is 0.504 e. The minimum absolute atomic E-state index is 0.0602. The third-order valence-corrected chi connectivity index (χ3v) is 3.98. The van der Waals surface area contributed by atoms with Gasteiger partial charge in [-0.05, 0) is 12.1 Å². The Morgan fingerprint density at radius 2 is 1.48 bits per heavy atom. The van der Waals surface area contributed by atoms with Crippen LogP contribution in [-0.2, 0) is 5.60 Å². The Morgan fingerprint density at radius 3 is 1.96 bits per heavy atom. The van der Waals surface area contributed by atoms with Gasteiger partial charge in [0.15, 0.2) is 11.5 Å². The summed E-state index contributed by atoms with van der Waals surface area (Å²) in [4.78, 5) is 25.2. The van der Waals surface area contributed by atoms with Gasteiger partial charge in [0.1, 0.15) is 0 Å². The quantitative estimate of drug-likeness (QED) is 0.837. The molecule has 2 aromatic rings. The van der Waals surface area contributed by atoms with E-state index in [2.05, 4.69) is 0 Å². The van der Waals surface area contributed by atoms with Gasteiger partial charge in [-0.2, -0.15) is 0 Å². The first-order valence-electron chi connectivity index (χ1n) is 6.82. The lowest BCUT2D eigenvalue weighted by atomic mass is 9.87. The van der Waals surface area contributed by atoms with Crippen molar-refractivity contribution in [2.45, 2.75) is 5.60 Å². The molecule has 6 heteroatoms. The molecule has 0 saturated heterocycles. The summed E-state index contributed by atoms with van der Waals surface area (Å²) in [6.45, 7) is 0. The number of carbonyl (C=O) groups excluding carboxylic acids is 2. The zero-order valence-corrected chi connectivity index (χ0v) is 12.5. The van der Waals surface area contributed by atoms with Crippen molar-refractivity contribution in [2.75, 3.05) is 14.2 Å². The molecule has 0 amide bonds. The minimum atomic E-state index is -2.48. The molecule has 0 bridgehead atoms. The van der Waals surface area contributed by atoms with Crippen molar-refractivity contribution in [1.29, 1.82) is 0 Å². The van der Waals surface area contributed by atoms with Crippen molar-refractivity contribution in [1.82, 2.24) is 0 Å². The van der Waals surface area contributed by atoms with Crippen molar-refractivity contribution in [3.63, 3.8) is 0 Å². The molecule has 0 heterocycles. The third kappa shape index (κ3) is 1.85. The number of aliphatic hydroxyl groups is 1. The standard InChI is InChI=1S/C17H14O6/c1-22-12-8-7-11(13(18)14(12)23-2)17(21)15(19)9-5-3-4-6-10(9)16(17)20/h3-8,18,21H,1-2H3. The average Bonchev–Trinajstić information content (AvgIpc) is 2.77. The van der Waals surface area contributed by atoms with Gasteiger partial charge in [0.2, 0.25) is 22.9 Å². The first-order chi connectivity index (χ1) is 11.0. The Labute approximate surface area is 131 Å². The number of methoxy groups -OCH3 is 2. The SMILES string of the molecule is COc1ccc(C2(O)C(=O)c3ccccc3C2=O)c(O)c1OC. The molecule has 0 aromatic heterocycles. The van der Waals surface area contributed by atoms with E-state index in [0.29, 0.717) is 0 Å². The molecule has 0 unspecified atom stereocenters. The fourth-order valence-electron chi connectivity index (χ4n) is 2.82. The number of benzene rings is 2. The number of ketones is 2. The fraction of sp³-hybridized carbons (Fsp3) is 0.176. The fourth-order valence-corrected chi connectivity index (χ4v) is 2.82. The second kappa shape index (κ2) is 5.10. The highest BCUT2D eigenvalue weighted by molar-refractivity contribution is 6.32. The van der Waals surface area contributed by atoms with Gasteiger partial charge < -0.3 is 19.7 Å². The maximum absolute atomic E-state index is 12.6. The van der Waals surface area contributed by atoms with Crippen LogP contribution >= 0.6 is 0 Å². The summed E-state index contributed by atoms with van der Waals surface area (Å²) >= 11 is 0. The molecule has 2 aromatic carbocycles. The predicted molar refractivity (Wildman–Crippen MR) is 80.2 cm³/mol. The molecule has 0 saturated carbocycles. The Morgan fingerprint density at radius 1 is 0.913 bits per heavy atom. The lowest BCUT2D eigenvalue weighted by Crippen LogP contribution is -2.38. The molecule has 118 valence electrons. The van der Waals surface area contributed by atoms with Gasteiger partial charge in [-0.1, -0.05) is 24.3 Å². The second-order valence-corrected chi connectivity index (χ2v) is 5.11. The number of hydrogen-bond acceptors (Lipinski definition) is 6. The Kier molecular flexibility index (Phi) is 3.34. The average molecular weight is 314 g/mol. The topological polar surface area (TPSA) is 93.1 Å². The van der Waals surface area contributed by atoms with Crippen LogP contribution in [0.1, 0.15) is 26.3 Å². The van der Waals surface area contributed by atoms with Crippen LogP contribution in [0.15, 0.2) is 36.4 Å². The summed E-state index contributed by atoms with van der Waals surface area (Å²) in [7, 11) is 2.69. The van der Waals surface area contributed by atoms with E-state index in [0.717, 1.165) is 0 Å². The van der Waals surface area contributed by atoms with Gasteiger partial charge in [-0.25, -0.2) is 0 Å². The van der Waals surface area contributed by atoms with Gasteiger partial charge in [0, 0.05) is 16.7 Å². The molecule has 0 radical (unpaired) electrons. The van der Waals surface area contributed by atoms with Crippen molar-refractivity contribution in [2.24, 2.45) is 0 Å². The molecular formula is C17H14O6. The zero-order valence-electron chi connectivity index (χ0n) is 12.5. The first kappa shape index (κ1) is 15.1. The van der Waals surface area contributed by atoms with Gasteiger partial charge >= 0.3 is 0 Å². The highest BCUT2D eigenvalue weighted by Gasteiger charge is 2.54. The van der Waals surface area contributed by atoms with Crippen molar-refractivity contribution in [3.8, 4) is 17.2 Å². The molecule has 6 nitrogen and oxygen atoms in total. The first-order valence-corrected chi connectivity index (χ1v) is 6.82. The van der Waals surface area contributed by atoms with Crippen LogP contribution in [0.4, 0.5) is 0 Å². The van der Waals surface area contributed by atoms with Crippen molar-refractivity contribution < 1.29 is 29.3 Å². The molecule has 1 aliphatic rings. The van der Waals surface area contributed by atoms with E-state index in [4.69, 9.17) is 9.47 Å². The summed E-state index contributed by atoms with van der Waals surface area (Å²) in [5.41, 5.74) is -2.47. The Balaban J connectivity index is 2.24.